The minimum absolute atomic E-state index is 0.0308. The molecule has 2 amide bonds. The molecule has 1 aliphatic heterocycles. The van der Waals surface area contributed by atoms with Gasteiger partial charge in [-0.15, -0.1) is 0 Å². The highest BCUT2D eigenvalue weighted by atomic mass is 16.4. The van der Waals surface area contributed by atoms with Gasteiger partial charge in [-0.25, -0.2) is 0 Å². The third-order valence-corrected chi connectivity index (χ3v) is 5.42. The van der Waals surface area contributed by atoms with Crippen molar-refractivity contribution in [3.05, 3.63) is 59.7 Å². The first kappa shape index (κ1) is 23.8. The van der Waals surface area contributed by atoms with Crippen molar-refractivity contribution in [2.24, 2.45) is 16.5 Å². The maximum absolute atomic E-state index is 13.3. The van der Waals surface area contributed by atoms with Gasteiger partial charge in [0.1, 0.15) is 6.54 Å². The molecule has 0 bridgehead atoms. The van der Waals surface area contributed by atoms with E-state index in [1.165, 1.54) is 9.80 Å². The van der Waals surface area contributed by atoms with E-state index >= 15 is 0 Å². The summed E-state index contributed by atoms with van der Waals surface area (Å²) in [6.07, 6.45) is 3.23. The van der Waals surface area contributed by atoms with Crippen LogP contribution in [0.2, 0.25) is 0 Å². The number of aliphatic imine (C=N–C) groups is 1. The number of nitrogens with two attached hydrogens (primary N) is 2. The standard InChI is InChI=1S/C24H29N5O4/c25-24(26)27-13-6-2-3-7-17-10-11-20-19(15-17)23(33)28(14-12-22(31)32)16-21(30)29(20)18-8-4-1-5-9-18/h1,4-5,8-11,15H,2-3,6-7,12-14,16H2,(H,31,32)(H4,25,26,27). The number of rotatable bonds is 10. The Hall–Kier alpha value is -3.88. The number of carboxylic acid groups (broad SMARTS) is 1. The molecule has 3 rings (SSSR count). The van der Waals surface area contributed by atoms with Gasteiger partial charge in [-0.3, -0.25) is 24.3 Å². The fourth-order valence-electron chi connectivity index (χ4n) is 3.81. The van der Waals surface area contributed by atoms with Crippen LogP contribution >= 0.6 is 0 Å². The zero-order valence-electron chi connectivity index (χ0n) is 18.4. The molecule has 1 aliphatic rings. The van der Waals surface area contributed by atoms with Gasteiger partial charge in [0, 0.05) is 18.8 Å². The predicted octanol–water partition coefficient (Wildman–Crippen LogP) is 2.27. The molecule has 0 radical (unpaired) electrons. The van der Waals surface area contributed by atoms with E-state index in [-0.39, 0.29) is 37.3 Å². The van der Waals surface area contributed by atoms with E-state index in [9.17, 15) is 14.4 Å². The van der Waals surface area contributed by atoms with Crippen LogP contribution in [-0.4, -0.2) is 53.4 Å². The third kappa shape index (κ3) is 6.31. The SMILES string of the molecule is NC(N)=NCCCCCc1ccc2c(c1)C(=O)N(CCC(=O)O)CC(=O)N2c1ccccc1. The number of carboxylic acids is 1. The second-order valence-corrected chi connectivity index (χ2v) is 7.90. The second-order valence-electron chi connectivity index (χ2n) is 7.90. The number of unbranched alkanes of at least 4 members (excludes halogenated alkanes) is 2. The number of benzene rings is 2. The smallest absolute Gasteiger partial charge is 0.305 e. The molecule has 1 heterocycles. The maximum atomic E-state index is 13.3. The summed E-state index contributed by atoms with van der Waals surface area (Å²) in [6, 6.07) is 14.7. The summed E-state index contributed by atoms with van der Waals surface area (Å²) in [4.78, 5) is 44.4. The number of aryl methyl sites for hydroxylation is 1. The van der Waals surface area contributed by atoms with Crippen LogP contribution in [0.1, 0.15) is 41.6 Å². The van der Waals surface area contributed by atoms with Crippen LogP contribution in [-0.2, 0) is 16.0 Å². The Morgan fingerprint density at radius 3 is 2.48 bits per heavy atom. The molecule has 0 fully saturated rings. The molecule has 0 atom stereocenters. The molecule has 0 aliphatic carbocycles. The number of fused-ring (bicyclic) bond motifs is 1. The number of para-hydroxylation sites is 1. The highest BCUT2D eigenvalue weighted by molar-refractivity contribution is 6.13. The fourth-order valence-corrected chi connectivity index (χ4v) is 3.81. The number of hydrogen-bond acceptors (Lipinski definition) is 4. The second kappa shape index (κ2) is 11.1. The predicted molar refractivity (Wildman–Crippen MR) is 126 cm³/mol. The zero-order valence-corrected chi connectivity index (χ0v) is 18.4. The van der Waals surface area contributed by atoms with Crippen LogP contribution in [0, 0.1) is 0 Å². The van der Waals surface area contributed by atoms with Gasteiger partial charge in [-0.1, -0.05) is 30.7 Å². The van der Waals surface area contributed by atoms with E-state index in [0.29, 0.717) is 23.5 Å². The number of hydrogen-bond donors (Lipinski definition) is 3. The molecule has 174 valence electrons. The fraction of sp³-hybridized carbons (Fsp3) is 0.333. The maximum Gasteiger partial charge on any atom is 0.305 e. The van der Waals surface area contributed by atoms with Crippen LogP contribution in [0.25, 0.3) is 0 Å². The topological polar surface area (TPSA) is 142 Å². The summed E-state index contributed by atoms with van der Waals surface area (Å²) >= 11 is 0. The number of anilines is 2. The molecule has 2 aromatic rings. The van der Waals surface area contributed by atoms with Gasteiger partial charge in [0.25, 0.3) is 11.8 Å². The number of carbonyl (C=O) groups excluding carboxylic acids is 2. The van der Waals surface area contributed by atoms with Gasteiger partial charge in [0.15, 0.2) is 5.96 Å². The molecule has 0 spiro atoms. The van der Waals surface area contributed by atoms with Crippen molar-refractivity contribution in [1.29, 1.82) is 0 Å². The van der Waals surface area contributed by atoms with Crippen molar-refractivity contribution in [3.63, 3.8) is 0 Å². The molecule has 9 heteroatoms. The Morgan fingerprint density at radius 2 is 1.79 bits per heavy atom. The molecular formula is C24H29N5O4. The Morgan fingerprint density at radius 1 is 1.03 bits per heavy atom. The Bertz CT molecular complexity index is 1030. The quantitative estimate of drug-likeness (QED) is 0.287. The third-order valence-electron chi connectivity index (χ3n) is 5.42. The average Bonchev–Trinajstić information content (AvgIpc) is 2.89. The summed E-state index contributed by atoms with van der Waals surface area (Å²) in [6.45, 7) is 0.366. The largest absolute Gasteiger partial charge is 0.481 e. The van der Waals surface area contributed by atoms with Gasteiger partial charge in [0.2, 0.25) is 0 Å². The summed E-state index contributed by atoms with van der Waals surface area (Å²) in [5.41, 5.74) is 13.2. The molecule has 9 nitrogen and oxygen atoms in total. The number of carbonyl (C=O) groups is 3. The van der Waals surface area contributed by atoms with Gasteiger partial charge < -0.3 is 21.5 Å². The molecule has 5 N–H and O–H groups in total. The van der Waals surface area contributed by atoms with Crippen molar-refractivity contribution in [3.8, 4) is 0 Å². The van der Waals surface area contributed by atoms with Crippen molar-refractivity contribution < 1.29 is 19.5 Å². The summed E-state index contributed by atoms with van der Waals surface area (Å²) in [7, 11) is 0. The normalized spacial score (nSPS) is 13.5. The van der Waals surface area contributed by atoms with Crippen LogP contribution in [0.3, 0.4) is 0 Å². The highest BCUT2D eigenvalue weighted by Gasteiger charge is 2.32. The van der Waals surface area contributed by atoms with Crippen molar-refractivity contribution in [2.45, 2.75) is 32.1 Å². The lowest BCUT2D eigenvalue weighted by Crippen LogP contribution is -2.38. The van der Waals surface area contributed by atoms with E-state index in [1.54, 1.807) is 6.07 Å². The van der Waals surface area contributed by atoms with Gasteiger partial charge in [0.05, 0.1) is 17.7 Å². The first-order valence-corrected chi connectivity index (χ1v) is 10.9. The minimum atomic E-state index is -1.02. The zero-order chi connectivity index (χ0) is 23.8. The Kier molecular flexibility index (Phi) is 8.01. The van der Waals surface area contributed by atoms with Crippen LogP contribution < -0.4 is 16.4 Å². The summed E-state index contributed by atoms with van der Waals surface area (Å²) < 4.78 is 0. The molecule has 0 saturated heterocycles. The van der Waals surface area contributed by atoms with Gasteiger partial charge in [-0.05, 0) is 49.1 Å². The average molecular weight is 452 g/mol. The van der Waals surface area contributed by atoms with Crippen molar-refractivity contribution in [1.82, 2.24) is 4.90 Å². The first-order chi connectivity index (χ1) is 15.9. The van der Waals surface area contributed by atoms with Crippen molar-refractivity contribution in [2.75, 3.05) is 24.5 Å². The molecular weight excluding hydrogens is 422 g/mol. The molecule has 2 aromatic carbocycles. The minimum Gasteiger partial charge on any atom is -0.481 e. The van der Waals surface area contributed by atoms with E-state index in [0.717, 1.165) is 31.2 Å². The monoisotopic (exact) mass is 451 g/mol. The molecule has 0 saturated carbocycles. The number of nitrogens with zero attached hydrogens (tertiary/aromatic N) is 3. The van der Waals surface area contributed by atoms with Crippen LogP contribution in [0.4, 0.5) is 11.4 Å². The van der Waals surface area contributed by atoms with Gasteiger partial charge >= 0.3 is 5.97 Å². The first-order valence-electron chi connectivity index (χ1n) is 10.9. The van der Waals surface area contributed by atoms with Crippen LogP contribution in [0.15, 0.2) is 53.5 Å². The van der Waals surface area contributed by atoms with Gasteiger partial charge in [-0.2, -0.15) is 0 Å². The number of aliphatic carboxylic acids is 1. The molecule has 33 heavy (non-hydrogen) atoms. The van der Waals surface area contributed by atoms with E-state index in [4.69, 9.17) is 16.6 Å². The van der Waals surface area contributed by atoms with Crippen LogP contribution in [0.5, 0.6) is 0 Å². The lowest BCUT2D eigenvalue weighted by atomic mass is 10.0. The Balaban J connectivity index is 1.86. The highest BCUT2D eigenvalue weighted by Crippen LogP contribution is 2.33. The Labute approximate surface area is 192 Å². The molecule has 0 unspecified atom stereocenters. The summed E-state index contributed by atoms with van der Waals surface area (Å²) in [5.74, 6) is -1.56. The number of guanidine groups is 1. The van der Waals surface area contributed by atoms with E-state index < -0.39 is 5.97 Å². The number of amides is 2. The van der Waals surface area contributed by atoms with E-state index in [1.807, 2.05) is 42.5 Å². The molecule has 0 aromatic heterocycles. The lowest BCUT2D eigenvalue weighted by molar-refractivity contribution is -0.137. The van der Waals surface area contributed by atoms with E-state index in [2.05, 4.69) is 4.99 Å². The summed E-state index contributed by atoms with van der Waals surface area (Å²) in [5, 5.41) is 9.07. The lowest BCUT2D eigenvalue weighted by Gasteiger charge is -2.23. The van der Waals surface area contributed by atoms with Crippen molar-refractivity contribution >= 4 is 35.1 Å².